The van der Waals surface area contributed by atoms with Gasteiger partial charge < -0.3 is 4.52 Å². The Bertz CT molecular complexity index is 847. The lowest BCUT2D eigenvalue weighted by atomic mass is 10.3. The molecule has 0 bridgehead atoms. The summed E-state index contributed by atoms with van der Waals surface area (Å²) >= 11 is 0. The predicted octanol–water partition coefficient (Wildman–Crippen LogP) is 2.33. The van der Waals surface area contributed by atoms with Crippen molar-refractivity contribution in [1.29, 1.82) is 0 Å². The van der Waals surface area contributed by atoms with Crippen molar-refractivity contribution in [2.75, 3.05) is 13.1 Å². The summed E-state index contributed by atoms with van der Waals surface area (Å²) in [5.41, 5.74) is 0. The van der Waals surface area contributed by atoms with Crippen LogP contribution in [-0.4, -0.2) is 26.2 Å². The first kappa shape index (κ1) is 17.2. The van der Waals surface area contributed by atoms with Crippen molar-refractivity contribution in [2.24, 2.45) is 5.14 Å². The zero-order chi connectivity index (χ0) is 17.2. The molecule has 1 fully saturated rings. The average Bonchev–Trinajstić information content (AvgIpc) is 3.10. The minimum absolute atomic E-state index is 0.00874. The summed E-state index contributed by atoms with van der Waals surface area (Å²) in [4.78, 5) is -0.00874. The molecule has 0 aromatic heterocycles. The van der Waals surface area contributed by atoms with Crippen molar-refractivity contribution in [3.63, 3.8) is 0 Å². The zero-order valence-corrected chi connectivity index (χ0v) is 14.7. The largest absolute Gasteiger partial charge is 0.429 e. The summed E-state index contributed by atoms with van der Waals surface area (Å²) in [7, 11) is -7.01. The van der Waals surface area contributed by atoms with Crippen molar-refractivity contribution in [3.8, 4) is 5.75 Å². The third kappa shape index (κ3) is 3.54. The van der Waals surface area contributed by atoms with E-state index in [4.69, 9.17) is 9.66 Å². The van der Waals surface area contributed by atoms with Gasteiger partial charge in [0.05, 0.1) is 10.2 Å². The average molecular weight is 366 g/mol. The molecule has 0 amide bonds. The van der Waals surface area contributed by atoms with Gasteiger partial charge in [0.1, 0.15) is 5.75 Å². The summed E-state index contributed by atoms with van der Waals surface area (Å²) < 4.78 is 44.1. The summed E-state index contributed by atoms with van der Waals surface area (Å²) in [5.74, 6) is 0.349. The highest BCUT2D eigenvalue weighted by Crippen LogP contribution is 2.51. The van der Waals surface area contributed by atoms with Crippen LogP contribution >= 0.6 is 7.52 Å². The molecule has 0 spiro atoms. The number of hydrogen-bond acceptors (Lipinski definition) is 4. The number of nitrogens with zero attached hydrogens (tertiary/aromatic N) is 1. The van der Waals surface area contributed by atoms with Gasteiger partial charge in [0.15, 0.2) is 0 Å². The van der Waals surface area contributed by atoms with E-state index in [-0.39, 0.29) is 4.90 Å². The van der Waals surface area contributed by atoms with Crippen molar-refractivity contribution in [1.82, 2.24) is 4.67 Å². The molecule has 1 aliphatic rings. The van der Waals surface area contributed by atoms with Crippen LogP contribution in [-0.2, 0) is 14.6 Å². The summed E-state index contributed by atoms with van der Waals surface area (Å²) in [6.07, 6.45) is 1.95. The predicted molar refractivity (Wildman–Crippen MR) is 92.9 cm³/mol. The van der Waals surface area contributed by atoms with Crippen molar-refractivity contribution in [2.45, 2.75) is 17.7 Å². The number of benzene rings is 2. The van der Waals surface area contributed by atoms with E-state index in [0.29, 0.717) is 24.1 Å². The molecule has 1 atom stereocenters. The van der Waals surface area contributed by atoms with Gasteiger partial charge in [0.2, 0.25) is 10.0 Å². The fraction of sp³-hybridized carbons (Fsp3) is 0.250. The van der Waals surface area contributed by atoms with Gasteiger partial charge in [-0.1, -0.05) is 18.2 Å². The Morgan fingerprint density at radius 3 is 2.08 bits per heavy atom. The minimum atomic E-state index is -3.77. The fourth-order valence-electron chi connectivity index (χ4n) is 2.69. The van der Waals surface area contributed by atoms with Crippen LogP contribution in [0.15, 0.2) is 59.5 Å². The van der Waals surface area contributed by atoms with Gasteiger partial charge in [0, 0.05) is 13.1 Å². The number of rotatable bonds is 5. The van der Waals surface area contributed by atoms with Crippen LogP contribution in [0.2, 0.25) is 0 Å². The van der Waals surface area contributed by atoms with E-state index >= 15 is 0 Å². The second-order valence-electron chi connectivity index (χ2n) is 5.62. The zero-order valence-electron chi connectivity index (χ0n) is 13.0. The van der Waals surface area contributed by atoms with Crippen molar-refractivity contribution >= 4 is 22.8 Å². The first-order chi connectivity index (χ1) is 11.4. The first-order valence-corrected chi connectivity index (χ1v) is 10.8. The molecular weight excluding hydrogens is 347 g/mol. The maximum absolute atomic E-state index is 13.6. The molecule has 6 nitrogen and oxygen atoms in total. The van der Waals surface area contributed by atoms with E-state index in [1.54, 1.807) is 12.1 Å². The summed E-state index contributed by atoms with van der Waals surface area (Å²) in [5, 5.41) is 5.72. The Labute approximate surface area is 141 Å². The lowest BCUT2D eigenvalue weighted by Gasteiger charge is -2.28. The van der Waals surface area contributed by atoms with Crippen molar-refractivity contribution < 1.29 is 17.5 Å². The fourth-order valence-corrected chi connectivity index (χ4v) is 5.52. The molecule has 1 unspecified atom stereocenters. The van der Waals surface area contributed by atoms with Crippen molar-refractivity contribution in [3.05, 3.63) is 54.6 Å². The molecule has 2 N–H and O–H groups in total. The number of hydrogen-bond donors (Lipinski definition) is 1. The third-order valence-corrected chi connectivity index (χ3v) is 7.40. The maximum atomic E-state index is 13.6. The molecule has 1 saturated heterocycles. The van der Waals surface area contributed by atoms with Crippen LogP contribution in [0.4, 0.5) is 0 Å². The lowest BCUT2D eigenvalue weighted by molar-refractivity contribution is 0.401. The van der Waals surface area contributed by atoms with Crippen LogP contribution < -0.4 is 15.0 Å². The Morgan fingerprint density at radius 2 is 1.54 bits per heavy atom. The molecule has 0 aliphatic carbocycles. The molecule has 24 heavy (non-hydrogen) atoms. The summed E-state index contributed by atoms with van der Waals surface area (Å²) in [6, 6.07) is 14.7. The molecule has 2 aromatic carbocycles. The Balaban J connectivity index is 1.94. The standard InChI is InChI=1S/C16H19N2O4PS/c17-24(20,21)16-10-8-14(9-11-16)22-23(19,18-12-4-5-13-18)15-6-2-1-3-7-15/h1-3,6-11H,4-5,12-13H2,(H2,17,20,21). The Kier molecular flexibility index (Phi) is 4.78. The van der Waals surface area contributed by atoms with Gasteiger partial charge in [-0.25, -0.2) is 18.2 Å². The van der Waals surface area contributed by atoms with Gasteiger partial charge in [-0.2, -0.15) is 0 Å². The minimum Gasteiger partial charge on any atom is -0.429 e. The van der Waals surface area contributed by atoms with E-state index in [2.05, 4.69) is 0 Å². The Hall–Kier alpha value is -1.66. The van der Waals surface area contributed by atoms with Gasteiger partial charge in [-0.05, 0) is 49.2 Å². The Morgan fingerprint density at radius 1 is 0.958 bits per heavy atom. The SMILES string of the molecule is NS(=O)(=O)c1ccc(OP(=O)(c2ccccc2)N2CCCC2)cc1. The van der Waals surface area contributed by atoms with Crippen LogP contribution in [0.25, 0.3) is 0 Å². The number of sulfonamides is 1. The molecule has 3 rings (SSSR count). The molecule has 8 heteroatoms. The maximum Gasteiger partial charge on any atom is 0.349 e. The van der Waals surface area contributed by atoms with Gasteiger partial charge in [-0.15, -0.1) is 0 Å². The van der Waals surface area contributed by atoms with Crippen LogP contribution in [0.1, 0.15) is 12.8 Å². The van der Waals surface area contributed by atoms with Gasteiger partial charge >= 0.3 is 7.52 Å². The second kappa shape index (κ2) is 6.69. The molecule has 128 valence electrons. The topological polar surface area (TPSA) is 89.7 Å². The second-order valence-corrected chi connectivity index (χ2v) is 9.49. The monoisotopic (exact) mass is 366 g/mol. The van der Waals surface area contributed by atoms with E-state index in [1.165, 1.54) is 24.3 Å². The van der Waals surface area contributed by atoms with Crippen LogP contribution in [0.3, 0.4) is 0 Å². The molecule has 0 saturated carbocycles. The molecule has 0 radical (unpaired) electrons. The molecule has 1 heterocycles. The number of nitrogens with two attached hydrogens (primary N) is 1. The molecule has 2 aromatic rings. The highest BCUT2D eigenvalue weighted by atomic mass is 32.2. The van der Waals surface area contributed by atoms with Gasteiger partial charge in [0.25, 0.3) is 0 Å². The van der Waals surface area contributed by atoms with E-state index in [1.807, 2.05) is 22.9 Å². The third-order valence-electron chi connectivity index (χ3n) is 3.92. The quantitative estimate of drug-likeness (QED) is 0.821. The molecule has 1 aliphatic heterocycles. The highest BCUT2D eigenvalue weighted by Gasteiger charge is 2.37. The van der Waals surface area contributed by atoms with Crippen LogP contribution in [0.5, 0.6) is 5.75 Å². The van der Waals surface area contributed by atoms with Gasteiger partial charge in [-0.3, -0.25) is 4.57 Å². The highest BCUT2D eigenvalue weighted by molar-refractivity contribution is 7.89. The van der Waals surface area contributed by atoms with Crippen LogP contribution in [0, 0.1) is 0 Å². The molecular formula is C16H19N2O4PS. The number of primary sulfonamides is 1. The van der Waals surface area contributed by atoms with E-state index in [0.717, 1.165) is 12.8 Å². The normalized spacial score (nSPS) is 18.2. The van der Waals surface area contributed by atoms with E-state index in [9.17, 15) is 13.0 Å². The first-order valence-electron chi connectivity index (χ1n) is 7.63. The smallest absolute Gasteiger partial charge is 0.349 e. The van der Waals surface area contributed by atoms with E-state index < -0.39 is 17.5 Å². The summed E-state index contributed by atoms with van der Waals surface area (Å²) in [6.45, 7) is 1.42. The lowest BCUT2D eigenvalue weighted by Crippen LogP contribution is -2.26.